The molecule has 3 N–H and O–H groups in total. The second-order valence-corrected chi connectivity index (χ2v) is 6.44. The van der Waals surface area contributed by atoms with Gasteiger partial charge < -0.3 is 20.3 Å². The smallest absolute Gasteiger partial charge is 0.196 e. The molecule has 5 heteroatoms. The van der Waals surface area contributed by atoms with E-state index in [-0.39, 0.29) is 17.6 Å². The average Bonchev–Trinajstić information content (AvgIpc) is 2.80. The number of ketones is 1. The molecule has 108 valence electrons. The van der Waals surface area contributed by atoms with Crippen LogP contribution in [0.3, 0.4) is 0 Å². The molecule has 1 spiro atoms. The lowest BCUT2D eigenvalue weighted by Crippen LogP contribution is -2.74. The van der Waals surface area contributed by atoms with Crippen LogP contribution in [-0.4, -0.2) is 40.3 Å². The van der Waals surface area contributed by atoms with Crippen LogP contribution in [-0.2, 0) is 16.6 Å². The first-order valence-corrected chi connectivity index (χ1v) is 7.29. The number of aromatic hydroxyl groups is 1. The number of nitrogens with one attached hydrogen (secondary N) is 1. The quantitative estimate of drug-likeness (QED) is 0.634. The van der Waals surface area contributed by atoms with Gasteiger partial charge in [-0.05, 0) is 43.2 Å². The molecule has 0 amide bonds. The lowest BCUT2D eigenvalue weighted by atomic mass is 9.51. The summed E-state index contributed by atoms with van der Waals surface area (Å²) in [5.41, 5.74) is -0.0209. The van der Waals surface area contributed by atoms with Crippen LogP contribution in [0.4, 0.5) is 0 Å². The summed E-state index contributed by atoms with van der Waals surface area (Å²) < 4.78 is 5.85. The minimum absolute atomic E-state index is 0.0460. The first kappa shape index (κ1) is 11.8. The van der Waals surface area contributed by atoms with E-state index < -0.39 is 17.1 Å². The third kappa shape index (κ3) is 1.05. The van der Waals surface area contributed by atoms with Gasteiger partial charge in [-0.15, -0.1) is 0 Å². The summed E-state index contributed by atoms with van der Waals surface area (Å²) >= 11 is 0. The molecule has 2 heterocycles. The van der Waals surface area contributed by atoms with Crippen molar-refractivity contribution in [2.75, 3.05) is 6.54 Å². The molecular formula is C16H15NO4. The highest BCUT2D eigenvalue weighted by molar-refractivity contribution is 5.99. The summed E-state index contributed by atoms with van der Waals surface area (Å²) in [4.78, 5) is 12.3. The van der Waals surface area contributed by atoms with Crippen LogP contribution in [0, 0.1) is 0 Å². The Bertz CT molecular complexity index is 727. The molecule has 2 bridgehead atoms. The van der Waals surface area contributed by atoms with E-state index in [2.05, 4.69) is 5.32 Å². The van der Waals surface area contributed by atoms with Crippen molar-refractivity contribution in [1.82, 2.24) is 5.32 Å². The van der Waals surface area contributed by atoms with E-state index in [1.54, 1.807) is 12.1 Å². The van der Waals surface area contributed by atoms with Gasteiger partial charge in [0.15, 0.2) is 23.4 Å². The molecule has 21 heavy (non-hydrogen) atoms. The Balaban J connectivity index is 1.93. The molecule has 4 aliphatic rings. The minimum atomic E-state index is -1.14. The van der Waals surface area contributed by atoms with E-state index in [0.717, 1.165) is 17.7 Å². The van der Waals surface area contributed by atoms with Crippen LogP contribution in [0.2, 0.25) is 0 Å². The third-order valence-corrected chi connectivity index (χ3v) is 5.69. The molecule has 1 unspecified atom stereocenters. The average molecular weight is 285 g/mol. The summed E-state index contributed by atoms with van der Waals surface area (Å²) in [5, 5.41) is 24.8. The number of phenolic OH excluding ortho intramolecular Hbond substituents is 1. The number of hydrogen-bond donors (Lipinski definition) is 3. The van der Waals surface area contributed by atoms with E-state index in [4.69, 9.17) is 4.74 Å². The van der Waals surface area contributed by atoms with Gasteiger partial charge in [0.25, 0.3) is 0 Å². The number of carbonyl (C=O) groups excluding carboxylic acids is 1. The lowest BCUT2D eigenvalue weighted by molar-refractivity contribution is -0.139. The number of piperidine rings is 1. The normalized spacial score (nSPS) is 41.7. The van der Waals surface area contributed by atoms with Crippen LogP contribution >= 0.6 is 0 Å². The van der Waals surface area contributed by atoms with E-state index in [1.165, 1.54) is 6.08 Å². The van der Waals surface area contributed by atoms with Crippen LogP contribution in [0.5, 0.6) is 11.5 Å². The van der Waals surface area contributed by atoms with Crippen molar-refractivity contribution in [2.24, 2.45) is 0 Å². The summed E-state index contributed by atoms with van der Waals surface area (Å²) in [6.45, 7) is 0.725. The van der Waals surface area contributed by atoms with Gasteiger partial charge in [-0.1, -0.05) is 6.07 Å². The van der Waals surface area contributed by atoms with Crippen LogP contribution in [0.1, 0.15) is 17.5 Å². The molecule has 1 aromatic rings. The number of hydrogen-bond acceptors (Lipinski definition) is 5. The predicted molar refractivity (Wildman–Crippen MR) is 73.4 cm³/mol. The van der Waals surface area contributed by atoms with Crippen LogP contribution in [0.15, 0.2) is 24.3 Å². The molecule has 1 aromatic carbocycles. The Kier molecular flexibility index (Phi) is 1.86. The first-order chi connectivity index (χ1) is 10.1. The second-order valence-electron chi connectivity index (χ2n) is 6.44. The predicted octanol–water partition coefficient (Wildman–Crippen LogP) is 0.179. The van der Waals surface area contributed by atoms with Gasteiger partial charge in [-0.25, -0.2) is 0 Å². The number of benzene rings is 1. The maximum atomic E-state index is 12.3. The largest absolute Gasteiger partial charge is 0.504 e. The maximum absolute atomic E-state index is 12.3. The molecule has 5 rings (SSSR count). The highest BCUT2D eigenvalue weighted by atomic mass is 16.5. The highest BCUT2D eigenvalue weighted by Gasteiger charge is 2.70. The fourth-order valence-electron chi connectivity index (χ4n) is 4.83. The summed E-state index contributed by atoms with van der Waals surface area (Å²) in [6, 6.07) is 3.36. The fraction of sp³-hybridized carbons (Fsp3) is 0.438. The number of rotatable bonds is 0. The van der Waals surface area contributed by atoms with Crippen molar-refractivity contribution in [2.45, 2.75) is 36.0 Å². The van der Waals surface area contributed by atoms with Crippen LogP contribution in [0.25, 0.3) is 0 Å². The summed E-state index contributed by atoms with van der Waals surface area (Å²) in [6.07, 6.45) is 3.60. The Morgan fingerprint density at radius 1 is 1.38 bits per heavy atom. The minimum Gasteiger partial charge on any atom is -0.504 e. The second kappa shape index (κ2) is 3.31. The summed E-state index contributed by atoms with van der Waals surface area (Å²) in [5.74, 6) is 0.293. The number of carbonyl (C=O) groups is 1. The highest BCUT2D eigenvalue weighted by Crippen LogP contribution is 2.62. The lowest BCUT2D eigenvalue weighted by Gasteiger charge is -2.57. The van der Waals surface area contributed by atoms with Crippen molar-refractivity contribution in [1.29, 1.82) is 0 Å². The number of phenols is 1. The first-order valence-electron chi connectivity index (χ1n) is 7.29. The zero-order valence-corrected chi connectivity index (χ0v) is 11.3. The van der Waals surface area contributed by atoms with Gasteiger partial charge in [0.2, 0.25) is 0 Å². The molecule has 0 aromatic heterocycles. The molecular weight excluding hydrogens is 270 g/mol. The SMILES string of the molecule is O=C1C=CC2(O)[C@H]3Cc4ccc(O)c5c4[C@@]2(CCN3)[C@H]1O5. The van der Waals surface area contributed by atoms with Gasteiger partial charge in [0, 0.05) is 11.6 Å². The van der Waals surface area contributed by atoms with Crippen molar-refractivity contribution in [3.63, 3.8) is 0 Å². The van der Waals surface area contributed by atoms with Crippen molar-refractivity contribution in [3.8, 4) is 11.5 Å². The van der Waals surface area contributed by atoms with E-state index >= 15 is 0 Å². The van der Waals surface area contributed by atoms with Crippen molar-refractivity contribution < 1.29 is 19.7 Å². The van der Waals surface area contributed by atoms with E-state index in [1.807, 2.05) is 6.07 Å². The van der Waals surface area contributed by atoms with Gasteiger partial charge in [0.05, 0.1) is 5.41 Å². The Hall–Kier alpha value is -1.85. The third-order valence-electron chi connectivity index (χ3n) is 5.69. The van der Waals surface area contributed by atoms with E-state index in [0.29, 0.717) is 18.6 Å². The molecule has 2 aliphatic carbocycles. The molecule has 1 fully saturated rings. The molecule has 0 radical (unpaired) electrons. The molecule has 1 saturated heterocycles. The molecule has 2 aliphatic heterocycles. The Labute approximate surface area is 121 Å². The van der Waals surface area contributed by atoms with Crippen molar-refractivity contribution in [3.05, 3.63) is 35.4 Å². The standard InChI is InChI=1S/C16H15NO4/c18-9-2-1-8-7-11-16(20)4-3-10(19)14-15(16,5-6-17-11)12(8)13(9)21-14/h1-4,11,14,17-18,20H,5-7H2/t11-,14+,15+,16?/m1/s1. The van der Waals surface area contributed by atoms with Crippen molar-refractivity contribution >= 4 is 5.78 Å². The van der Waals surface area contributed by atoms with Gasteiger partial charge in [0.1, 0.15) is 5.60 Å². The van der Waals surface area contributed by atoms with E-state index in [9.17, 15) is 15.0 Å². The Morgan fingerprint density at radius 2 is 2.24 bits per heavy atom. The van der Waals surface area contributed by atoms with Gasteiger partial charge >= 0.3 is 0 Å². The van der Waals surface area contributed by atoms with Gasteiger partial charge in [-0.2, -0.15) is 0 Å². The summed E-state index contributed by atoms with van der Waals surface area (Å²) in [7, 11) is 0. The topological polar surface area (TPSA) is 78.8 Å². The number of aliphatic hydroxyl groups is 1. The Morgan fingerprint density at radius 3 is 3.10 bits per heavy atom. The fourth-order valence-corrected chi connectivity index (χ4v) is 4.83. The zero-order valence-electron chi connectivity index (χ0n) is 11.3. The zero-order chi connectivity index (χ0) is 14.4. The number of ether oxygens (including phenoxy) is 1. The molecule has 5 nitrogen and oxygen atoms in total. The maximum Gasteiger partial charge on any atom is 0.196 e. The van der Waals surface area contributed by atoms with Crippen LogP contribution < -0.4 is 10.1 Å². The molecule has 0 saturated carbocycles. The molecule has 4 atom stereocenters. The monoisotopic (exact) mass is 285 g/mol. The van der Waals surface area contributed by atoms with Gasteiger partial charge in [-0.3, -0.25) is 4.79 Å².